The average Bonchev–Trinajstić information content (AvgIpc) is 1.90. The van der Waals surface area contributed by atoms with Gasteiger partial charge < -0.3 is 24.8 Å². The van der Waals surface area contributed by atoms with Gasteiger partial charge in [-0.05, 0) is 0 Å². The quantitative estimate of drug-likeness (QED) is 0.304. The van der Waals surface area contributed by atoms with Gasteiger partial charge in [0.25, 0.3) is 0 Å². The molecule has 1 nitrogen and oxygen atoms in total. The third-order valence-corrected chi connectivity index (χ3v) is 0.847. The smallest absolute Gasteiger partial charge is 1.00 e. The number of nitrogens with zero attached hydrogens (tertiary/aromatic N) is 1. The summed E-state index contributed by atoms with van der Waals surface area (Å²) in [5.74, 6) is 0. The zero-order valence-electron chi connectivity index (χ0n) is 6.72. The first-order chi connectivity index (χ1) is 3.93. The predicted octanol–water partition coefficient (Wildman–Crippen LogP) is -8.01. The van der Waals surface area contributed by atoms with Crippen LogP contribution in [-0.4, -0.2) is 23.1 Å². The first-order valence-corrected chi connectivity index (χ1v) is 2.29. The summed E-state index contributed by atoms with van der Waals surface area (Å²) in [6.45, 7) is 0. The van der Waals surface area contributed by atoms with E-state index in [1.807, 2.05) is 6.07 Å². The van der Waals surface area contributed by atoms with E-state index in [1.165, 1.54) is 0 Å². The Hall–Kier alpha value is 0.654. The summed E-state index contributed by atoms with van der Waals surface area (Å²) in [6.07, 6.45) is 0. The molecule has 1 aromatic rings. The first kappa shape index (κ1) is 22.9. The SMILES string of the molecule is N#Cc1cc[c-]cc1.[Cl-].[Cl-].[Li+].[Mg+2]. The number of benzene rings is 1. The zero-order chi connectivity index (χ0) is 5.82. The van der Waals surface area contributed by atoms with Gasteiger partial charge in [0.2, 0.25) is 0 Å². The fourth-order valence-corrected chi connectivity index (χ4v) is 0.461. The van der Waals surface area contributed by atoms with Gasteiger partial charge in [-0.2, -0.15) is 35.6 Å². The summed E-state index contributed by atoms with van der Waals surface area (Å²) < 4.78 is 0. The summed E-state index contributed by atoms with van der Waals surface area (Å²) in [7, 11) is 0. The van der Waals surface area contributed by atoms with Gasteiger partial charge in [0, 0.05) is 0 Å². The summed E-state index contributed by atoms with van der Waals surface area (Å²) in [6, 6.07) is 11.7. The van der Waals surface area contributed by atoms with Crippen LogP contribution in [0.4, 0.5) is 0 Å². The van der Waals surface area contributed by atoms with Gasteiger partial charge in [0.1, 0.15) is 0 Å². The molecule has 0 atom stereocenters. The monoisotopic (exact) mass is 203 g/mol. The Kier molecular flexibility index (Phi) is 27.1. The Balaban J connectivity index is -0.0000000800. The van der Waals surface area contributed by atoms with Gasteiger partial charge >= 0.3 is 41.9 Å². The second kappa shape index (κ2) is 14.2. The van der Waals surface area contributed by atoms with E-state index in [1.54, 1.807) is 24.3 Å². The van der Waals surface area contributed by atoms with Crippen molar-refractivity contribution < 1.29 is 43.7 Å². The van der Waals surface area contributed by atoms with E-state index in [-0.39, 0.29) is 66.7 Å². The molecule has 0 N–H and O–H groups in total. The zero-order valence-corrected chi connectivity index (χ0v) is 9.65. The first-order valence-electron chi connectivity index (χ1n) is 2.29. The Morgan fingerprint density at radius 3 is 1.83 bits per heavy atom. The van der Waals surface area contributed by atoms with Crippen LogP contribution in [0.2, 0.25) is 0 Å². The van der Waals surface area contributed by atoms with E-state index < -0.39 is 0 Å². The van der Waals surface area contributed by atoms with Gasteiger partial charge in [0.15, 0.2) is 0 Å². The van der Waals surface area contributed by atoms with Gasteiger partial charge in [-0.1, -0.05) is 5.56 Å². The van der Waals surface area contributed by atoms with Crippen LogP contribution in [0.25, 0.3) is 0 Å². The van der Waals surface area contributed by atoms with E-state index in [9.17, 15) is 0 Å². The standard InChI is InChI=1S/C7H4N.2ClH.Li.Mg/c8-6-7-4-2-1-3-5-7;;;;/h2-5H;2*1H;;/q-1;;;+1;+2/p-2. The molecule has 0 spiro atoms. The molecule has 0 aromatic heterocycles. The number of nitriles is 1. The van der Waals surface area contributed by atoms with E-state index in [2.05, 4.69) is 6.07 Å². The second-order valence-electron chi connectivity index (χ2n) is 1.40. The van der Waals surface area contributed by atoms with Crippen LogP contribution in [0.5, 0.6) is 0 Å². The van der Waals surface area contributed by atoms with Crippen molar-refractivity contribution in [2.75, 3.05) is 0 Å². The molecular weight excluding hydrogens is 200 g/mol. The van der Waals surface area contributed by atoms with Crippen molar-refractivity contribution in [1.29, 1.82) is 5.26 Å². The van der Waals surface area contributed by atoms with Gasteiger partial charge in [-0.25, -0.2) is 0 Å². The molecule has 0 aliphatic rings. The Labute approximate surface area is 113 Å². The second-order valence-corrected chi connectivity index (χ2v) is 1.40. The fraction of sp³-hybridized carbons (Fsp3) is 0. The molecular formula is C7H4Cl2LiMgN. The van der Waals surface area contributed by atoms with Crippen molar-refractivity contribution in [2.45, 2.75) is 0 Å². The molecule has 0 heterocycles. The summed E-state index contributed by atoms with van der Waals surface area (Å²) in [4.78, 5) is 0. The molecule has 0 bridgehead atoms. The normalized spacial score (nSPS) is 5.25. The van der Waals surface area contributed by atoms with Crippen LogP contribution >= 0.6 is 0 Å². The van der Waals surface area contributed by atoms with Crippen molar-refractivity contribution in [3.05, 3.63) is 35.9 Å². The largest absolute Gasteiger partial charge is 2.00 e. The molecule has 0 amide bonds. The third kappa shape index (κ3) is 8.75. The summed E-state index contributed by atoms with van der Waals surface area (Å²) in [5, 5.41) is 8.27. The molecule has 1 aromatic carbocycles. The van der Waals surface area contributed by atoms with Crippen LogP contribution in [0.15, 0.2) is 24.3 Å². The Bertz CT molecular complexity index is 212. The summed E-state index contributed by atoms with van der Waals surface area (Å²) in [5.41, 5.74) is 0.684. The van der Waals surface area contributed by atoms with Gasteiger partial charge in [-0.15, -0.1) is 0 Å². The van der Waals surface area contributed by atoms with E-state index in [0.717, 1.165) is 0 Å². The third-order valence-electron chi connectivity index (χ3n) is 0.847. The van der Waals surface area contributed by atoms with Crippen molar-refractivity contribution >= 4 is 23.1 Å². The Morgan fingerprint density at radius 1 is 1.17 bits per heavy atom. The molecule has 0 saturated carbocycles. The number of hydrogen-bond donors (Lipinski definition) is 0. The maximum absolute atomic E-state index is 8.27. The molecule has 0 radical (unpaired) electrons. The van der Waals surface area contributed by atoms with Gasteiger partial charge in [-0.3, -0.25) is 0 Å². The Morgan fingerprint density at radius 2 is 1.58 bits per heavy atom. The maximum Gasteiger partial charge on any atom is 2.00 e. The van der Waals surface area contributed by atoms with Gasteiger partial charge in [0.05, 0.1) is 6.07 Å². The molecule has 1 rings (SSSR count). The van der Waals surface area contributed by atoms with E-state index in [4.69, 9.17) is 5.26 Å². The van der Waals surface area contributed by atoms with E-state index in [0.29, 0.717) is 5.56 Å². The molecule has 0 fully saturated rings. The van der Waals surface area contributed by atoms with Crippen molar-refractivity contribution in [3.63, 3.8) is 0 Å². The average molecular weight is 204 g/mol. The topological polar surface area (TPSA) is 23.8 Å². The molecule has 0 aliphatic heterocycles. The maximum atomic E-state index is 8.27. The molecule has 0 aliphatic carbocycles. The minimum atomic E-state index is 0. The fourth-order valence-electron chi connectivity index (χ4n) is 0.461. The summed E-state index contributed by atoms with van der Waals surface area (Å²) >= 11 is 0. The molecule has 0 saturated heterocycles. The van der Waals surface area contributed by atoms with E-state index >= 15 is 0 Å². The van der Waals surface area contributed by atoms with Crippen LogP contribution in [-0.2, 0) is 0 Å². The number of halogens is 2. The number of hydrogen-bond acceptors (Lipinski definition) is 1. The molecule has 12 heavy (non-hydrogen) atoms. The minimum absolute atomic E-state index is 0. The van der Waals surface area contributed by atoms with Crippen LogP contribution in [0, 0.1) is 17.4 Å². The van der Waals surface area contributed by atoms with Crippen molar-refractivity contribution in [3.8, 4) is 6.07 Å². The van der Waals surface area contributed by atoms with Crippen LogP contribution < -0.4 is 43.7 Å². The molecule has 54 valence electrons. The van der Waals surface area contributed by atoms with Crippen LogP contribution in [0.1, 0.15) is 5.56 Å². The predicted molar refractivity (Wildman–Crippen MR) is 35.7 cm³/mol. The molecule has 0 unspecified atom stereocenters. The van der Waals surface area contributed by atoms with Crippen molar-refractivity contribution in [2.24, 2.45) is 0 Å². The van der Waals surface area contributed by atoms with Crippen molar-refractivity contribution in [1.82, 2.24) is 0 Å². The van der Waals surface area contributed by atoms with Crippen LogP contribution in [0.3, 0.4) is 0 Å². The minimum Gasteiger partial charge on any atom is -1.00 e. The number of rotatable bonds is 0. The molecule has 5 heteroatoms.